The first-order valence-electron chi connectivity index (χ1n) is 21.3. The van der Waals surface area contributed by atoms with Gasteiger partial charge >= 0.3 is 11.8 Å². The number of carboxylic acid groups (broad SMARTS) is 1. The highest BCUT2D eigenvalue weighted by atomic mass is 35.5. The smallest absolute Gasteiger partial charge is 0.363 e. The summed E-state index contributed by atoms with van der Waals surface area (Å²) in [7, 11) is 2.93. The van der Waals surface area contributed by atoms with Crippen LogP contribution in [0.5, 0.6) is 34.5 Å². The molecule has 23 heteroatoms. The number of amides is 1. The molecule has 368 valence electrons. The van der Waals surface area contributed by atoms with Gasteiger partial charge in [0.2, 0.25) is 0 Å². The number of ether oxygens (including phenoxy) is 4. The van der Waals surface area contributed by atoms with Crippen molar-refractivity contribution in [2.24, 2.45) is 0 Å². The van der Waals surface area contributed by atoms with Crippen LogP contribution in [0.2, 0.25) is 0 Å². The molecule has 22 nitrogen and oxygen atoms in total. The summed E-state index contributed by atoms with van der Waals surface area (Å²) in [5, 5.41) is 52.4. The lowest BCUT2D eigenvalue weighted by atomic mass is 10.1. The van der Waals surface area contributed by atoms with Gasteiger partial charge in [0, 0.05) is 81.3 Å². The molecule has 3 aromatic heterocycles. The number of aromatic carboxylic acids is 1. The molecule has 8 rings (SSSR count). The summed E-state index contributed by atoms with van der Waals surface area (Å²) in [6.45, 7) is 3.35. The van der Waals surface area contributed by atoms with Crippen LogP contribution in [-0.2, 0) is 0 Å². The Morgan fingerprint density at radius 2 is 1.23 bits per heavy atom. The van der Waals surface area contributed by atoms with Crippen LogP contribution < -0.4 is 34.1 Å². The molecule has 0 bridgehead atoms. The predicted molar refractivity (Wildman–Crippen MR) is 258 cm³/mol. The van der Waals surface area contributed by atoms with E-state index in [-0.39, 0.29) is 60.5 Å². The Morgan fingerprint density at radius 1 is 0.671 bits per heavy atom. The molecule has 2 aliphatic rings. The number of pyridine rings is 3. The number of aliphatic hydroxyl groups is 2. The first kappa shape index (κ1) is 52.8. The second kappa shape index (κ2) is 25.8. The number of methoxy groups -OCH3 is 2. The summed E-state index contributed by atoms with van der Waals surface area (Å²) in [4.78, 5) is 61.9. The number of nitro benzene ring substituents is 1. The lowest BCUT2D eigenvalue weighted by molar-refractivity contribution is -0.389. The van der Waals surface area contributed by atoms with Crippen LogP contribution in [0, 0.1) is 20.2 Å². The third-order valence-corrected chi connectivity index (χ3v) is 10.6. The van der Waals surface area contributed by atoms with Crippen molar-refractivity contribution in [2.75, 3.05) is 76.5 Å². The number of carboxylic acids is 1. The van der Waals surface area contributed by atoms with Crippen molar-refractivity contribution in [2.45, 2.75) is 12.1 Å². The highest BCUT2D eigenvalue weighted by molar-refractivity contribution is 5.93. The van der Waals surface area contributed by atoms with Gasteiger partial charge in [0.05, 0.1) is 56.5 Å². The molecule has 0 unspecified atom stereocenters. The number of hydrogen-bond acceptors (Lipinski definition) is 18. The molecule has 4 N–H and O–H groups in total. The molecule has 0 radical (unpaired) electrons. The van der Waals surface area contributed by atoms with Gasteiger partial charge in [-0.1, -0.05) is 36.4 Å². The van der Waals surface area contributed by atoms with Gasteiger partial charge in [-0.25, -0.2) is 14.8 Å². The Bertz CT molecular complexity index is 2660. The molecule has 2 saturated heterocycles. The Labute approximate surface area is 407 Å². The maximum atomic E-state index is 13.2. The number of carbonyl (C=O) groups excluding carboxylic acids is 1. The highest BCUT2D eigenvalue weighted by Gasteiger charge is 2.32. The quantitative estimate of drug-likeness (QED) is 0.0733. The number of nitro groups is 2. The summed E-state index contributed by atoms with van der Waals surface area (Å²) in [5.41, 5.74) is 1.73. The Kier molecular flexibility index (Phi) is 19.5. The molecule has 3 aromatic carbocycles. The Hall–Kier alpha value is -8.18. The molecular weight excluding hydrogens is 934 g/mol. The molecule has 70 heavy (non-hydrogen) atoms. The van der Waals surface area contributed by atoms with Crippen LogP contribution in [0.4, 0.5) is 22.9 Å². The minimum atomic E-state index is -1.11. The van der Waals surface area contributed by atoms with Crippen molar-refractivity contribution in [1.29, 1.82) is 0 Å². The molecule has 2 aliphatic heterocycles. The zero-order chi connectivity index (χ0) is 49.3. The third kappa shape index (κ3) is 14.2. The van der Waals surface area contributed by atoms with Crippen molar-refractivity contribution in [3.8, 4) is 34.5 Å². The van der Waals surface area contributed by atoms with Gasteiger partial charge in [0.1, 0.15) is 17.2 Å². The van der Waals surface area contributed by atoms with Gasteiger partial charge in [-0.05, 0) is 52.4 Å². The van der Waals surface area contributed by atoms with E-state index in [1.165, 1.54) is 63.1 Å². The fraction of sp³-hybridized carbons (Fsp3) is 0.255. The van der Waals surface area contributed by atoms with E-state index < -0.39 is 21.9 Å². The standard InChI is InChI=1S/C24H24N4O6.C13H11NO4.C10H14N4O3.ClH/c1-33-22-13-21(25-14-23(22)34-20-5-3-2-4-6-20)24(30)27-12-11-26(15-19(27)16-29)17-7-9-18(10-8-17)28(31)32;1-17-11-7-10(13(15)16)14-8-12(11)18-9-5-3-2-4-6-9;15-7-8-6-13(4-3-11-8)9-1-2-10(12-5-9)14(16)17;/h2-10,13-14,19,29H,11-12,15-16H2,1H3;2-8H,1H3,(H,15,16);1-2,5,8,11,15H,3-4,6-7H2;1H/t19-;;8-;/m1.1./s1. The number of piperazine rings is 2. The van der Waals surface area contributed by atoms with Crippen LogP contribution >= 0.6 is 12.4 Å². The Balaban J connectivity index is 0.000000214. The maximum absolute atomic E-state index is 13.2. The number of halogens is 1. The van der Waals surface area contributed by atoms with Crippen molar-refractivity contribution < 1.29 is 53.7 Å². The van der Waals surface area contributed by atoms with E-state index in [1.54, 1.807) is 47.4 Å². The largest absolute Gasteiger partial charge is 0.493 e. The number of aromatic nitrogens is 3. The number of non-ortho nitro benzene ring substituents is 1. The van der Waals surface area contributed by atoms with Crippen LogP contribution in [-0.4, -0.2) is 136 Å². The third-order valence-electron chi connectivity index (χ3n) is 10.6. The summed E-state index contributed by atoms with van der Waals surface area (Å²) in [5.74, 6) is 1.10. The van der Waals surface area contributed by atoms with Gasteiger partial charge in [0.15, 0.2) is 34.9 Å². The average Bonchev–Trinajstić information content (AvgIpc) is 3.39. The topological polar surface area (TPSA) is 278 Å². The molecule has 1 amide bonds. The normalized spacial score (nSPS) is 15.1. The molecule has 0 saturated carbocycles. The van der Waals surface area contributed by atoms with Gasteiger partial charge < -0.3 is 64.4 Å². The number of hydrogen-bond donors (Lipinski definition) is 4. The number of carbonyl (C=O) groups is 2. The number of nitrogens with one attached hydrogen (secondary N) is 1. The van der Waals surface area contributed by atoms with E-state index in [1.807, 2.05) is 46.2 Å². The van der Waals surface area contributed by atoms with Gasteiger partial charge in [0.25, 0.3) is 11.6 Å². The predicted octanol–water partition coefficient (Wildman–Crippen LogP) is 5.88. The number of benzene rings is 3. The van der Waals surface area contributed by atoms with Crippen LogP contribution in [0.15, 0.2) is 128 Å². The lowest BCUT2D eigenvalue weighted by Crippen LogP contribution is -2.56. The first-order chi connectivity index (χ1) is 33.4. The van der Waals surface area contributed by atoms with Crippen molar-refractivity contribution in [3.63, 3.8) is 0 Å². The van der Waals surface area contributed by atoms with Crippen LogP contribution in [0.25, 0.3) is 0 Å². The van der Waals surface area contributed by atoms with Gasteiger partial charge in [-0.15, -0.1) is 12.4 Å². The van der Waals surface area contributed by atoms with E-state index in [0.717, 1.165) is 24.5 Å². The van der Waals surface area contributed by atoms with Crippen LogP contribution in [0.1, 0.15) is 21.0 Å². The number of nitrogens with zero attached hydrogens (tertiary/aromatic N) is 8. The summed E-state index contributed by atoms with van der Waals surface area (Å²) in [6.07, 6.45) is 4.27. The number of anilines is 2. The number of para-hydroxylation sites is 2. The monoisotopic (exact) mass is 983 g/mol. The van der Waals surface area contributed by atoms with E-state index >= 15 is 0 Å². The zero-order valence-electron chi connectivity index (χ0n) is 37.8. The first-order valence-corrected chi connectivity index (χ1v) is 21.3. The van der Waals surface area contributed by atoms with Gasteiger partial charge in [-0.2, -0.15) is 0 Å². The SMILES string of the molecule is COc1cc(C(=O)N2CCN(c3ccc([N+](=O)[O-])cc3)C[C@@H]2CO)ncc1Oc1ccccc1.COc1cc(C(=O)O)ncc1Oc1ccccc1.Cl.O=[N+]([O-])c1ccc(N2CCN[C@@H](CO)C2)cn1. The van der Waals surface area contributed by atoms with Crippen molar-refractivity contribution in [3.05, 3.63) is 159 Å². The van der Waals surface area contributed by atoms with Crippen molar-refractivity contribution >= 4 is 47.2 Å². The van der Waals surface area contributed by atoms with E-state index in [0.29, 0.717) is 60.7 Å². The number of rotatable bonds is 14. The fourth-order valence-electron chi connectivity index (χ4n) is 7.09. The Morgan fingerprint density at radius 3 is 1.73 bits per heavy atom. The second-order valence-electron chi connectivity index (χ2n) is 15.0. The maximum Gasteiger partial charge on any atom is 0.363 e. The lowest BCUT2D eigenvalue weighted by Gasteiger charge is -2.41. The zero-order valence-corrected chi connectivity index (χ0v) is 38.7. The molecule has 0 aliphatic carbocycles. The van der Waals surface area contributed by atoms with Crippen LogP contribution in [0.3, 0.4) is 0 Å². The van der Waals surface area contributed by atoms with Crippen molar-refractivity contribution in [1.82, 2.24) is 25.2 Å². The molecule has 2 atom stereocenters. The molecule has 0 spiro atoms. The summed E-state index contributed by atoms with van der Waals surface area (Å²) < 4.78 is 21.9. The van der Waals surface area contributed by atoms with E-state index in [4.69, 9.17) is 29.2 Å². The second-order valence-corrected chi connectivity index (χ2v) is 15.0. The highest BCUT2D eigenvalue weighted by Crippen LogP contribution is 2.33. The summed E-state index contributed by atoms with van der Waals surface area (Å²) in [6, 6.07) is 30.0. The fourth-order valence-corrected chi connectivity index (χ4v) is 7.09. The molecule has 2 fully saturated rings. The van der Waals surface area contributed by atoms with E-state index in [2.05, 4.69) is 20.3 Å². The van der Waals surface area contributed by atoms with Gasteiger partial charge in [-0.3, -0.25) is 14.9 Å². The molecule has 5 heterocycles. The average molecular weight is 984 g/mol. The minimum Gasteiger partial charge on any atom is -0.493 e. The number of aliphatic hydroxyl groups excluding tert-OH is 2. The molecular formula is C47H50ClN9O13. The minimum absolute atomic E-state index is 0. The van der Waals surface area contributed by atoms with E-state index in [9.17, 15) is 34.9 Å². The molecule has 6 aromatic rings. The summed E-state index contributed by atoms with van der Waals surface area (Å²) >= 11 is 0.